The van der Waals surface area contributed by atoms with Crippen LogP contribution >= 0.6 is 0 Å². The second-order valence-corrected chi connectivity index (χ2v) is 9.39. The Labute approximate surface area is 194 Å². The summed E-state index contributed by atoms with van der Waals surface area (Å²) < 4.78 is 13.8. The molecule has 2 aromatic rings. The van der Waals surface area contributed by atoms with Crippen LogP contribution in [0.3, 0.4) is 0 Å². The van der Waals surface area contributed by atoms with Crippen molar-refractivity contribution in [3.8, 4) is 0 Å². The maximum Gasteiger partial charge on any atom is 0.227 e. The van der Waals surface area contributed by atoms with Gasteiger partial charge in [0.2, 0.25) is 11.8 Å². The lowest BCUT2D eigenvalue weighted by Gasteiger charge is -2.32. The third kappa shape index (κ3) is 5.96. The minimum absolute atomic E-state index is 0.0198. The van der Waals surface area contributed by atoms with Gasteiger partial charge in [-0.3, -0.25) is 14.6 Å². The van der Waals surface area contributed by atoms with Crippen LogP contribution in [-0.2, 0) is 16.0 Å². The van der Waals surface area contributed by atoms with Crippen LogP contribution in [0.2, 0.25) is 0 Å². The molecule has 1 saturated carbocycles. The Morgan fingerprint density at radius 1 is 1.03 bits per heavy atom. The van der Waals surface area contributed by atoms with Crippen molar-refractivity contribution in [2.45, 2.75) is 63.3 Å². The van der Waals surface area contributed by atoms with Gasteiger partial charge < -0.3 is 16.4 Å². The summed E-state index contributed by atoms with van der Waals surface area (Å²) >= 11 is 0. The van der Waals surface area contributed by atoms with Crippen LogP contribution < -0.4 is 16.4 Å². The van der Waals surface area contributed by atoms with Gasteiger partial charge in [-0.1, -0.05) is 12.5 Å². The van der Waals surface area contributed by atoms with Crippen LogP contribution in [0.4, 0.5) is 10.1 Å². The number of aromatic nitrogens is 1. The quantitative estimate of drug-likeness (QED) is 0.579. The molecule has 33 heavy (non-hydrogen) atoms. The molecule has 1 aromatic carbocycles. The normalized spacial score (nSPS) is 23.6. The van der Waals surface area contributed by atoms with Gasteiger partial charge in [-0.05, 0) is 86.3 Å². The van der Waals surface area contributed by atoms with Crippen LogP contribution in [0.5, 0.6) is 0 Å². The van der Waals surface area contributed by atoms with Crippen molar-refractivity contribution in [2.24, 2.45) is 17.6 Å². The predicted octanol–water partition coefficient (Wildman–Crippen LogP) is 3.92. The minimum Gasteiger partial charge on any atom is -0.354 e. The molecule has 1 heterocycles. The van der Waals surface area contributed by atoms with Crippen LogP contribution in [0.15, 0.2) is 42.7 Å². The zero-order valence-electron chi connectivity index (χ0n) is 18.9. The maximum absolute atomic E-state index is 13.8. The van der Waals surface area contributed by atoms with E-state index in [4.69, 9.17) is 5.73 Å². The third-order valence-electron chi connectivity index (χ3n) is 7.20. The highest BCUT2D eigenvalue weighted by molar-refractivity contribution is 5.92. The summed E-state index contributed by atoms with van der Waals surface area (Å²) in [7, 11) is 0. The lowest BCUT2D eigenvalue weighted by Crippen LogP contribution is -2.45. The van der Waals surface area contributed by atoms with E-state index in [0.29, 0.717) is 6.54 Å². The fraction of sp³-hybridized carbons (Fsp3) is 0.500. The number of carbonyl (C=O) groups is 2. The van der Waals surface area contributed by atoms with Gasteiger partial charge in [0.15, 0.2) is 0 Å². The van der Waals surface area contributed by atoms with E-state index in [9.17, 15) is 14.0 Å². The smallest absolute Gasteiger partial charge is 0.227 e. The fourth-order valence-corrected chi connectivity index (χ4v) is 5.21. The van der Waals surface area contributed by atoms with Crippen LogP contribution in [-0.4, -0.2) is 29.4 Å². The average molecular weight is 453 g/mol. The summed E-state index contributed by atoms with van der Waals surface area (Å²) in [6.45, 7) is 0.401. The number of rotatable bonds is 6. The van der Waals surface area contributed by atoms with Gasteiger partial charge in [0, 0.05) is 36.6 Å². The molecule has 1 fully saturated rings. The van der Waals surface area contributed by atoms with Crippen molar-refractivity contribution in [1.29, 1.82) is 0 Å². The maximum atomic E-state index is 13.8. The Hall–Kier alpha value is -2.80. The molecule has 2 amide bonds. The van der Waals surface area contributed by atoms with Crippen LogP contribution in [0.25, 0.3) is 0 Å². The van der Waals surface area contributed by atoms with Gasteiger partial charge in [-0.25, -0.2) is 4.39 Å². The molecule has 7 heteroatoms. The molecule has 4 N–H and O–H groups in total. The average Bonchev–Trinajstić information content (AvgIpc) is 3.05. The van der Waals surface area contributed by atoms with Crippen molar-refractivity contribution in [2.75, 3.05) is 11.9 Å². The minimum atomic E-state index is -0.321. The zero-order valence-corrected chi connectivity index (χ0v) is 18.9. The molecule has 1 aromatic heterocycles. The van der Waals surface area contributed by atoms with E-state index >= 15 is 0 Å². The largest absolute Gasteiger partial charge is 0.354 e. The molecule has 0 bridgehead atoms. The number of nitrogens with two attached hydrogens (primary N) is 1. The van der Waals surface area contributed by atoms with Gasteiger partial charge >= 0.3 is 0 Å². The van der Waals surface area contributed by atoms with E-state index in [0.717, 1.165) is 68.2 Å². The molecule has 0 aliphatic heterocycles. The van der Waals surface area contributed by atoms with E-state index in [2.05, 4.69) is 15.6 Å². The number of aryl methyl sites for hydroxylation is 1. The Balaban J connectivity index is 1.26. The van der Waals surface area contributed by atoms with Crippen molar-refractivity contribution in [3.05, 3.63) is 59.7 Å². The van der Waals surface area contributed by atoms with Crippen molar-refractivity contribution in [1.82, 2.24) is 10.3 Å². The first-order chi connectivity index (χ1) is 16.0. The molecule has 6 nitrogen and oxygen atoms in total. The molecule has 2 atom stereocenters. The first-order valence-electron chi connectivity index (χ1n) is 12.0. The first kappa shape index (κ1) is 23.4. The molecular formula is C26H33FN4O2. The Morgan fingerprint density at radius 2 is 1.79 bits per heavy atom. The number of carbonyl (C=O) groups excluding carboxylic acids is 2. The third-order valence-corrected chi connectivity index (χ3v) is 7.20. The highest BCUT2D eigenvalue weighted by Crippen LogP contribution is 2.33. The number of anilines is 1. The lowest BCUT2D eigenvalue weighted by molar-refractivity contribution is -0.122. The predicted molar refractivity (Wildman–Crippen MR) is 126 cm³/mol. The standard InChI is InChI=1S/C26H33FN4O2/c27-20-10-9-17-3-1-2-4-22(23(17)15-20)26(33)30-16-24(28)18-5-7-19(8-6-18)25(32)31-21-11-13-29-14-12-21/h9-15,18-19,22,24H,1-8,16,28H2,(H,30,33)(H,29,31,32). The second kappa shape index (κ2) is 10.9. The summed E-state index contributed by atoms with van der Waals surface area (Å²) in [5.41, 5.74) is 9.09. The number of hydrogen-bond donors (Lipinski definition) is 3. The Morgan fingerprint density at radius 3 is 2.55 bits per heavy atom. The topological polar surface area (TPSA) is 97.1 Å². The van der Waals surface area contributed by atoms with Gasteiger partial charge in [0.1, 0.15) is 5.82 Å². The molecule has 2 unspecified atom stereocenters. The van der Waals surface area contributed by atoms with E-state index in [1.165, 1.54) is 12.1 Å². The summed E-state index contributed by atoms with van der Waals surface area (Å²) in [4.78, 5) is 29.5. The lowest BCUT2D eigenvalue weighted by atomic mass is 9.78. The van der Waals surface area contributed by atoms with Gasteiger partial charge in [-0.15, -0.1) is 0 Å². The van der Waals surface area contributed by atoms with E-state index in [-0.39, 0.29) is 41.4 Å². The molecule has 2 aliphatic rings. The molecule has 4 rings (SSSR count). The van der Waals surface area contributed by atoms with Crippen LogP contribution in [0.1, 0.15) is 62.0 Å². The Kier molecular flexibility index (Phi) is 7.70. The summed E-state index contributed by atoms with van der Waals surface area (Å²) in [6.07, 6.45) is 10.2. The van der Waals surface area contributed by atoms with Crippen LogP contribution in [0, 0.1) is 17.7 Å². The molecule has 0 spiro atoms. The van der Waals surface area contributed by atoms with Crippen molar-refractivity contribution >= 4 is 17.5 Å². The summed E-state index contributed by atoms with van der Waals surface area (Å²) in [5.74, 6) is -0.388. The number of pyridine rings is 1. The zero-order chi connectivity index (χ0) is 23.2. The van der Waals surface area contributed by atoms with Crippen molar-refractivity contribution in [3.63, 3.8) is 0 Å². The SMILES string of the molecule is NC(CNC(=O)C1CCCCc2ccc(F)cc21)C1CCC(C(=O)Nc2ccncc2)CC1. The van der Waals surface area contributed by atoms with E-state index in [1.54, 1.807) is 24.5 Å². The van der Waals surface area contributed by atoms with E-state index < -0.39 is 0 Å². The number of amides is 2. The number of hydrogen-bond acceptors (Lipinski definition) is 4. The highest BCUT2D eigenvalue weighted by Gasteiger charge is 2.31. The fourth-order valence-electron chi connectivity index (χ4n) is 5.21. The monoisotopic (exact) mass is 452 g/mol. The molecular weight excluding hydrogens is 419 g/mol. The number of nitrogens with zero attached hydrogens (tertiary/aromatic N) is 1. The van der Waals surface area contributed by atoms with Gasteiger partial charge in [0.05, 0.1) is 5.92 Å². The van der Waals surface area contributed by atoms with Gasteiger partial charge in [0.25, 0.3) is 0 Å². The molecule has 176 valence electrons. The highest BCUT2D eigenvalue weighted by atomic mass is 19.1. The molecule has 2 aliphatic carbocycles. The number of benzene rings is 1. The first-order valence-corrected chi connectivity index (χ1v) is 12.0. The molecule has 0 radical (unpaired) electrons. The number of fused-ring (bicyclic) bond motifs is 1. The summed E-state index contributed by atoms with van der Waals surface area (Å²) in [5, 5.41) is 5.99. The van der Waals surface area contributed by atoms with Crippen molar-refractivity contribution < 1.29 is 14.0 Å². The second-order valence-electron chi connectivity index (χ2n) is 9.39. The number of halogens is 1. The summed E-state index contributed by atoms with van der Waals surface area (Å²) in [6, 6.07) is 8.21. The number of nitrogens with one attached hydrogen (secondary N) is 2. The Bertz CT molecular complexity index is 960. The molecule has 0 saturated heterocycles. The van der Waals surface area contributed by atoms with E-state index in [1.807, 2.05) is 6.07 Å². The van der Waals surface area contributed by atoms with Gasteiger partial charge in [-0.2, -0.15) is 0 Å².